The fourth-order valence-electron chi connectivity index (χ4n) is 11.4. The number of hydrogen-bond acceptors (Lipinski definition) is 20. The highest BCUT2D eigenvalue weighted by Gasteiger charge is 2.91. The molecular formula is C40H56O20. The van der Waals surface area contributed by atoms with Crippen LogP contribution in [0.25, 0.3) is 0 Å². The van der Waals surface area contributed by atoms with Crippen LogP contribution >= 0.6 is 0 Å². The molecule has 3 fully saturated rings. The molecule has 336 valence electrons. The van der Waals surface area contributed by atoms with Crippen LogP contribution in [0.1, 0.15) is 93.9 Å². The maximum absolute atomic E-state index is 14.7. The molecule has 2 saturated heterocycles. The molecule has 4 aliphatic rings. The molecular weight excluding hydrogens is 800 g/mol. The standard InChI is InChI=1S/C40H56O20/c1-19(43)33(53)29(16-41)59-39(25(7)49,37(57,23(5)47)35(33,55)21(3)45)31(51)15-14-28(27-12-10-9-11-13-27)32(52,18-31)40(26(8)50)38(58,24(6)48)36(56,22(4)46)34(54,20(2)44)30(17-42)60-40/h14-15,27-30,41-42,51-58H,9-13,16-18H2,1-8H3/t28?,29-,30-,31?,32?,33-,34-,35+,36+,37-,38-,39?,40?/m1/s1. The van der Waals surface area contributed by atoms with Crippen molar-refractivity contribution >= 4 is 46.3 Å². The van der Waals surface area contributed by atoms with Gasteiger partial charge < -0.3 is 60.5 Å². The van der Waals surface area contributed by atoms with E-state index in [4.69, 9.17) is 9.47 Å². The molecule has 5 unspecified atom stereocenters. The molecule has 2 aliphatic carbocycles. The van der Waals surface area contributed by atoms with Crippen molar-refractivity contribution in [2.24, 2.45) is 11.8 Å². The van der Waals surface area contributed by atoms with Crippen LogP contribution in [-0.4, -0.2) is 179 Å². The van der Waals surface area contributed by atoms with E-state index in [0.29, 0.717) is 80.7 Å². The lowest BCUT2D eigenvalue weighted by Gasteiger charge is -2.69. The van der Waals surface area contributed by atoms with E-state index in [1.165, 1.54) is 0 Å². The van der Waals surface area contributed by atoms with Gasteiger partial charge in [0.15, 0.2) is 68.7 Å². The highest BCUT2D eigenvalue weighted by molar-refractivity contribution is 6.11. The molecule has 2 aliphatic heterocycles. The predicted octanol–water partition coefficient (Wildman–Crippen LogP) is -4.04. The smallest absolute Gasteiger partial charge is 0.201 e. The molecule has 0 spiro atoms. The summed E-state index contributed by atoms with van der Waals surface area (Å²) >= 11 is 0. The van der Waals surface area contributed by atoms with Gasteiger partial charge in [-0.3, -0.25) is 38.4 Å². The van der Waals surface area contributed by atoms with Gasteiger partial charge in [0.05, 0.1) is 13.2 Å². The lowest BCUT2D eigenvalue weighted by molar-refractivity contribution is -0.392. The number of Topliss-reactive ketones (excluding diaryl/α,β-unsaturated/α-hetero) is 8. The first-order valence-corrected chi connectivity index (χ1v) is 19.4. The second-order valence-corrected chi connectivity index (χ2v) is 17.1. The van der Waals surface area contributed by atoms with Crippen LogP contribution in [0.2, 0.25) is 0 Å². The number of ether oxygens (including phenoxy) is 2. The van der Waals surface area contributed by atoms with Crippen LogP contribution in [0.5, 0.6) is 0 Å². The summed E-state index contributed by atoms with van der Waals surface area (Å²) in [5.41, 5.74) is -39.9. The highest BCUT2D eigenvalue weighted by atomic mass is 16.6. The van der Waals surface area contributed by atoms with Crippen molar-refractivity contribution in [2.45, 2.75) is 162 Å². The van der Waals surface area contributed by atoms with Gasteiger partial charge in [0.25, 0.3) is 0 Å². The molecule has 0 aromatic heterocycles. The van der Waals surface area contributed by atoms with Crippen molar-refractivity contribution in [1.29, 1.82) is 0 Å². The van der Waals surface area contributed by atoms with E-state index in [2.05, 4.69) is 0 Å². The number of aliphatic hydroxyl groups is 10. The molecule has 2 heterocycles. The second kappa shape index (κ2) is 15.2. The second-order valence-electron chi connectivity index (χ2n) is 17.1. The first-order valence-electron chi connectivity index (χ1n) is 19.4. The normalized spacial score (nSPS) is 46.0. The molecule has 0 amide bonds. The van der Waals surface area contributed by atoms with E-state index in [1.54, 1.807) is 0 Å². The summed E-state index contributed by atoms with van der Waals surface area (Å²) < 4.78 is 11.8. The van der Waals surface area contributed by atoms with Gasteiger partial charge in [0, 0.05) is 12.3 Å². The molecule has 0 radical (unpaired) electrons. The van der Waals surface area contributed by atoms with Crippen molar-refractivity contribution in [3.05, 3.63) is 12.2 Å². The molecule has 13 atom stereocenters. The van der Waals surface area contributed by atoms with Crippen molar-refractivity contribution in [1.82, 2.24) is 0 Å². The van der Waals surface area contributed by atoms with E-state index in [0.717, 1.165) is 6.08 Å². The Morgan fingerprint density at radius 2 is 0.850 bits per heavy atom. The number of carbonyl (C=O) groups excluding carboxylic acids is 8. The number of rotatable bonds is 13. The van der Waals surface area contributed by atoms with Gasteiger partial charge in [-0.25, -0.2) is 0 Å². The van der Waals surface area contributed by atoms with Crippen molar-refractivity contribution in [2.75, 3.05) is 13.2 Å². The summed E-state index contributed by atoms with van der Waals surface area (Å²) in [5.74, 6) is -16.5. The third-order valence-electron chi connectivity index (χ3n) is 14.2. The Morgan fingerprint density at radius 1 is 0.500 bits per heavy atom. The van der Waals surface area contributed by atoms with Gasteiger partial charge in [-0.1, -0.05) is 31.4 Å². The third-order valence-corrected chi connectivity index (χ3v) is 14.2. The number of hydrogen-bond donors (Lipinski definition) is 10. The minimum Gasteiger partial charge on any atom is -0.394 e. The maximum Gasteiger partial charge on any atom is 0.201 e. The summed E-state index contributed by atoms with van der Waals surface area (Å²) in [5, 5.41) is 122. The summed E-state index contributed by atoms with van der Waals surface area (Å²) in [6.07, 6.45) is -3.78. The Labute approximate surface area is 344 Å². The Bertz CT molecular complexity index is 1920. The summed E-state index contributed by atoms with van der Waals surface area (Å²) in [4.78, 5) is 111. The molecule has 60 heavy (non-hydrogen) atoms. The Morgan fingerprint density at radius 3 is 1.17 bits per heavy atom. The zero-order valence-corrected chi connectivity index (χ0v) is 34.7. The maximum atomic E-state index is 14.7. The SMILES string of the molecule is CC(=O)C1(C2(O)C=CC(C3CCCCC3)C(O)(C3(C(C)=O)O[C@H](CO)[C@](O)(C(C)=O)[C@@](O)(C(C)=O)[C@]3(O)C(C)=O)C2)O[C@H](CO)[C@](O)(C(C)=O)[C@@](O)(C(C)=O)[C@]1(O)C(C)=O. The minimum atomic E-state index is -4.32. The van der Waals surface area contributed by atoms with Gasteiger partial charge in [0.2, 0.25) is 22.4 Å². The van der Waals surface area contributed by atoms with Gasteiger partial charge >= 0.3 is 0 Å². The lowest BCUT2D eigenvalue weighted by Crippen LogP contribution is -2.96. The fraction of sp³-hybridized carbons (Fsp3) is 0.750. The molecule has 0 bridgehead atoms. The first kappa shape index (κ1) is 49.3. The number of ketones is 8. The molecule has 10 N–H and O–H groups in total. The zero-order valence-electron chi connectivity index (χ0n) is 34.7. The summed E-state index contributed by atoms with van der Waals surface area (Å²) in [7, 11) is 0. The molecule has 4 rings (SSSR count). The topological polar surface area (TPSA) is 357 Å². The van der Waals surface area contributed by atoms with Gasteiger partial charge in [-0.05, 0) is 74.1 Å². The van der Waals surface area contributed by atoms with Gasteiger partial charge in [-0.2, -0.15) is 0 Å². The van der Waals surface area contributed by atoms with Crippen molar-refractivity contribution in [3.63, 3.8) is 0 Å². The quantitative estimate of drug-likeness (QED) is 0.0788. The lowest BCUT2D eigenvalue weighted by atomic mass is 9.44. The van der Waals surface area contributed by atoms with Crippen LogP contribution in [-0.2, 0) is 47.8 Å². The van der Waals surface area contributed by atoms with Crippen molar-refractivity contribution < 1.29 is 98.9 Å². The molecule has 20 heteroatoms. The first-order chi connectivity index (χ1) is 27.3. The summed E-state index contributed by atoms with van der Waals surface area (Å²) in [6.45, 7) is 0.983. The number of carbonyl (C=O) groups is 8. The van der Waals surface area contributed by atoms with E-state index in [9.17, 15) is 89.4 Å². The van der Waals surface area contributed by atoms with Crippen LogP contribution in [0.4, 0.5) is 0 Å². The van der Waals surface area contributed by atoms with E-state index >= 15 is 0 Å². The third kappa shape index (κ3) is 5.27. The van der Waals surface area contributed by atoms with Gasteiger partial charge in [0.1, 0.15) is 23.4 Å². The Hall–Kier alpha value is -3.38. The Kier molecular flexibility index (Phi) is 12.5. The monoisotopic (exact) mass is 856 g/mol. The van der Waals surface area contributed by atoms with E-state index in [1.807, 2.05) is 0 Å². The van der Waals surface area contributed by atoms with E-state index in [-0.39, 0.29) is 12.8 Å². The zero-order chi connectivity index (χ0) is 46.4. The highest BCUT2D eigenvalue weighted by Crippen LogP contribution is 2.64. The van der Waals surface area contributed by atoms with E-state index < -0.39 is 146 Å². The van der Waals surface area contributed by atoms with Gasteiger partial charge in [-0.15, -0.1) is 0 Å². The van der Waals surface area contributed by atoms with Crippen LogP contribution in [0.3, 0.4) is 0 Å². The predicted molar refractivity (Wildman–Crippen MR) is 198 cm³/mol. The molecule has 0 aromatic carbocycles. The Balaban J connectivity index is 2.34. The van der Waals surface area contributed by atoms with Crippen LogP contribution < -0.4 is 0 Å². The molecule has 0 aromatic rings. The fourth-order valence-corrected chi connectivity index (χ4v) is 11.4. The average Bonchev–Trinajstić information content (AvgIpc) is 3.15. The largest absolute Gasteiger partial charge is 0.394 e. The minimum absolute atomic E-state index is 0.175. The average molecular weight is 857 g/mol. The van der Waals surface area contributed by atoms with Crippen LogP contribution in [0, 0.1) is 11.8 Å². The van der Waals surface area contributed by atoms with Crippen LogP contribution in [0.15, 0.2) is 12.2 Å². The molecule has 1 saturated carbocycles. The van der Waals surface area contributed by atoms with Crippen molar-refractivity contribution in [3.8, 4) is 0 Å². The molecule has 20 nitrogen and oxygen atoms in total. The number of aliphatic hydroxyl groups excluding tert-OH is 2. The summed E-state index contributed by atoms with van der Waals surface area (Å²) in [6, 6.07) is 0.